The molecule has 0 saturated carbocycles. The Labute approximate surface area is 131 Å². The van der Waals surface area contributed by atoms with E-state index in [1.165, 1.54) is 0 Å². The molecule has 0 aliphatic carbocycles. The van der Waals surface area contributed by atoms with Gasteiger partial charge in [0.25, 0.3) is 5.56 Å². The average Bonchev–Trinajstić information content (AvgIpc) is 2.36. The molecule has 5 nitrogen and oxygen atoms in total. The van der Waals surface area contributed by atoms with Gasteiger partial charge in [0.2, 0.25) is 0 Å². The summed E-state index contributed by atoms with van der Waals surface area (Å²) in [5.41, 5.74) is 7.46. The molecule has 0 amide bonds. The van der Waals surface area contributed by atoms with Crippen LogP contribution in [0, 0.1) is 6.92 Å². The lowest BCUT2D eigenvalue weighted by atomic mass is 10.2. The third kappa shape index (κ3) is 4.52. The molecule has 0 fully saturated rings. The molecule has 2 N–H and O–H groups in total. The number of hydrogen-bond acceptors (Lipinski definition) is 2. The largest absolute Gasteiger partial charge is 0.370 e. The molecule has 1 heterocycles. The van der Waals surface area contributed by atoms with Crippen LogP contribution in [0.2, 0.25) is 0 Å². The number of nitrogens with zero attached hydrogens (tertiary/aromatic N) is 3. The van der Waals surface area contributed by atoms with Gasteiger partial charge in [-0.15, -0.1) is 24.0 Å². The van der Waals surface area contributed by atoms with Gasteiger partial charge in [0.15, 0.2) is 5.96 Å². The van der Waals surface area contributed by atoms with Gasteiger partial charge in [0.1, 0.15) is 0 Å². The number of hydrogen-bond donors (Lipinski definition) is 1. The minimum atomic E-state index is -0.00824. The summed E-state index contributed by atoms with van der Waals surface area (Å²) < 4.78 is 1.62. The predicted octanol–water partition coefficient (Wildman–Crippen LogP) is 1.47. The summed E-state index contributed by atoms with van der Waals surface area (Å²) in [6.45, 7) is 7.91. The smallest absolute Gasteiger partial charge is 0.255 e. The number of nitrogens with two attached hydrogens (primary N) is 1. The summed E-state index contributed by atoms with van der Waals surface area (Å²) in [7, 11) is 1.76. The predicted molar refractivity (Wildman–Crippen MR) is 90.1 cm³/mol. The van der Waals surface area contributed by atoms with Gasteiger partial charge in [-0.1, -0.05) is 0 Å². The van der Waals surface area contributed by atoms with Gasteiger partial charge in [0.05, 0.1) is 6.54 Å². The van der Waals surface area contributed by atoms with Crippen molar-refractivity contribution in [3.63, 3.8) is 0 Å². The van der Waals surface area contributed by atoms with E-state index >= 15 is 0 Å². The number of aliphatic imine (C=N–C) groups is 1. The minimum absolute atomic E-state index is 0. The maximum atomic E-state index is 12.0. The molecular weight excluding hydrogens is 355 g/mol. The molecule has 0 aromatic carbocycles. The maximum absolute atomic E-state index is 12.0. The van der Waals surface area contributed by atoms with Crippen molar-refractivity contribution >= 4 is 29.9 Å². The van der Waals surface area contributed by atoms with Crippen molar-refractivity contribution < 1.29 is 0 Å². The van der Waals surface area contributed by atoms with E-state index in [1.807, 2.05) is 37.8 Å². The van der Waals surface area contributed by atoms with Crippen molar-refractivity contribution in [1.82, 2.24) is 9.47 Å². The summed E-state index contributed by atoms with van der Waals surface area (Å²) in [6.07, 6.45) is 0. The van der Waals surface area contributed by atoms with Gasteiger partial charge in [0, 0.05) is 31.4 Å². The van der Waals surface area contributed by atoms with Crippen LogP contribution < -0.4 is 11.3 Å². The third-order valence-corrected chi connectivity index (χ3v) is 3.13. The number of aryl methyl sites for hydroxylation is 1. The van der Waals surface area contributed by atoms with Crippen molar-refractivity contribution in [3.05, 3.63) is 33.7 Å². The Bertz CT molecular complexity index is 492. The molecule has 108 valence electrons. The van der Waals surface area contributed by atoms with Gasteiger partial charge >= 0.3 is 0 Å². The van der Waals surface area contributed by atoms with Gasteiger partial charge in [-0.2, -0.15) is 0 Å². The normalized spacial score (nSPS) is 11.1. The van der Waals surface area contributed by atoms with Crippen LogP contribution in [0.4, 0.5) is 0 Å². The van der Waals surface area contributed by atoms with E-state index in [-0.39, 0.29) is 29.5 Å². The average molecular weight is 378 g/mol. The molecule has 0 spiro atoms. The number of aromatic nitrogens is 1. The van der Waals surface area contributed by atoms with Gasteiger partial charge < -0.3 is 15.2 Å². The zero-order chi connectivity index (χ0) is 13.7. The molecule has 0 atom stereocenters. The molecule has 0 radical (unpaired) electrons. The van der Waals surface area contributed by atoms with Crippen LogP contribution in [-0.4, -0.2) is 28.5 Å². The fourth-order valence-electron chi connectivity index (χ4n) is 1.71. The first-order chi connectivity index (χ1) is 8.51. The van der Waals surface area contributed by atoms with Crippen molar-refractivity contribution in [2.24, 2.45) is 17.8 Å². The van der Waals surface area contributed by atoms with Crippen LogP contribution in [-0.2, 0) is 13.6 Å². The fourth-order valence-corrected chi connectivity index (χ4v) is 1.71. The lowest BCUT2D eigenvalue weighted by Crippen LogP contribution is -2.37. The highest BCUT2D eigenvalue weighted by molar-refractivity contribution is 14.0. The van der Waals surface area contributed by atoms with Crippen molar-refractivity contribution in [2.75, 3.05) is 13.1 Å². The molecule has 1 aromatic rings. The first-order valence-corrected chi connectivity index (χ1v) is 6.21. The van der Waals surface area contributed by atoms with Crippen molar-refractivity contribution in [3.8, 4) is 0 Å². The Morgan fingerprint density at radius 3 is 2.47 bits per heavy atom. The number of rotatable bonds is 4. The zero-order valence-corrected chi connectivity index (χ0v) is 14.3. The van der Waals surface area contributed by atoms with Crippen molar-refractivity contribution in [1.29, 1.82) is 0 Å². The Hall–Kier alpha value is -1.05. The standard InChI is InChI=1S/C13H22N4O.HI/c1-5-17(6-2)13(14)15-9-11-8-7-10(3)16(4)12(11)18;/h7-8H,5-6,9H2,1-4H3,(H2,14,15);1H. The Kier molecular flexibility index (Phi) is 7.73. The lowest BCUT2D eigenvalue weighted by molar-refractivity contribution is 0.458. The molecule has 1 aromatic heterocycles. The van der Waals surface area contributed by atoms with Crippen LogP contribution in [0.15, 0.2) is 21.9 Å². The van der Waals surface area contributed by atoms with E-state index in [1.54, 1.807) is 11.6 Å². The highest BCUT2D eigenvalue weighted by atomic mass is 127. The van der Waals surface area contributed by atoms with Crippen LogP contribution in [0.3, 0.4) is 0 Å². The molecule has 0 saturated heterocycles. The van der Waals surface area contributed by atoms with E-state index in [2.05, 4.69) is 4.99 Å². The SMILES string of the molecule is CCN(CC)C(N)=NCc1ccc(C)n(C)c1=O.I. The van der Waals surface area contributed by atoms with Crippen LogP contribution >= 0.6 is 24.0 Å². The second-order valence-corrected chi connectivity index (χ2v) is 4.21. The van der Waals surface area contributed by atoms with E-state index < -0.39 is 0 Å². The Morgan fingerprint density at radius 1 is 1.37 bits per heavy atom. The van der Waals surface area contributed by atoms with Crippen molar-refractivity contribution in [2.45, 2.75) is 27.3 Å². The van der Waals surface area contributed by atoms with E-state index in [9.17, 15) is 4.79 Å². The quantitative estimate of drug-likeness (QED) is 0.490. The molecule has 6 heteroatoms. The molecule has 1 rings (SSSR count). The number of guanidine groups is 1. The zero-order valence-electron chi connectivity index (χ0n) is 12.0. The first kappa shape index (κ1) is 17.9. The third-order valence-electron chi connectivity index (χ3n) is 3.13. The molecule has 19 heavy (non-hydrogen) atoms. The molecular formula is C13H23IN4O. The number of pyridine rings is 1. The molecule has 0 bridgehead atoms. The van der Waals surface area contributed by atoms with Crippen LogP contribution in [0.25, 0.3) is 0 Å². The molecule has 0 unspecified atom stereocenters. The number of halogens is 1. The maximum Gasteiger partial charge on any atom is 0.255 e. The van der Waals surface area contributed by atoms with Gasteiger partial charge in [-0.05, 0) is 32.9 Å². The van der Waals surface area contributed by atoms with E-state index in [0.29, 0.717) is 18.1 Å². The lowest BCUT2D eigenvalue weighted by Gasteiger charge is -2.19. The fraction of sp³-hybridized carbons (Fsp3) is 0.538. The first-order valence-electron chi connectivity index (χ1n) is 6.21. The van der Waals surface area contributed by atoms with Crippen LogP contribution in [0.1, 0.15) is 25.1 Å². The van der Waals surface area contributed by atoms with E-state index in [4.69, 9.17) is 5.73 Å². The molecule has 0 aliphatic heterocycles. The summed E-state index contributed by atoms with van der Waals surface area (Å²) in [6, 6.07) is 3.73. The highest BCUT2D eigenvalue weighted by Gasteiger charge is 2.05. The highest BCUT2D eigenvalue weighted by Crippen LogP contribution is 1.99. The summed E-state index contributed by atoms with van der Waals surface area (Å²) in [4.78, 5) is 18.2. The van der Waals surface area contributed by atoms with E-state index in [0.717, 1.165) is 18.8 Å². The second kappa shape index (κ2) is 8.19. The topological polar surface area (TPSA) is 63.6 Å². The summed E-state index contributed by atoms with van der Waals surface area (Å²) in [5.74, 6) is 0.489. The van der Waals surface area contributed by atoms with Gasteiger partial charge in [-0.3, -0.25) is 4.79 Å². The monoisotopic (exact) mass is 378 g/mol. The second-order valence-electron chi connectivity index (χ2n) is 4.21. The Morgan fingerprint density at radius 2 is 1.95 bits per heavy atom. The Balaban J connectivity index is 0.00000324. The minimum Gasteiger partial charge on any atom is -0.370 e. The van der Waals surface area contributed by atoms with Gasteiger partial charge in [-0.25, -0.2) is 4.99 Å². The summed E-state index contributed by atoms with van der Waals surface area (Å²) in [5, 5.41) is 0. The molecule has 0 aliphatic rings. The summed E-state index contributed by atoms with van der Waals surface area (Å²) >= 11 is 0. The van der Waals surface area contributed by atoms with Crippen LogP contribution in [0.5, 0.6) is 0 Å².